The van der Waals surface area contributed by atoms with Crippen molar-refractivity contribution in [2.75, 3.05) is 31.4 Å². The van der Waals surface area contributed by atoms with Crippen LogP contribution < -0.4 is 19.5 Å². The summed E-state index contributed by atoms with van der Waals surface area (Å²) in [4.78, 5) is 13.2. The quantitative estimate of drug-likeness (QED) is 0.678. The molecule has 0 fully saturated rings. The Labute approximate surface area is 152 Å². The van der Waals surface area contributed by atoms with E-state index in [2.05, 4.69) is 5.32 Å². The van der Waals surface area contributed by atoms with Crippen LogP contribution in [-0.2, 0) is 4.79 Å². The van der Waals surface area contributed by atoms with Gasteiger partial charge in [0.1, 0.15) is 5.75 Å². The van der Waals surface area contributed by atoms with Gasteiger partial charge in [0.05, 0.1) is 26.1 Å². The zero-order chi connectivity index (χ0) is 18.1. The summed E-state index contributed by atoms with van der Waals surface area (Å²) < 4.78 is 16.2. The van der Waals surface area contributed by atoms with E-state index in [1.54, 1.807) is 25.3 Å². The van der Waals surface area contributed by atoms with Crippen molar-refractivity contribution in [2.45, 2.75) is 18.7 Å². The van der Waals surface area contributed by atoms with Gasteiger partial charge in [-0.2, -0.15) is 0 Å². The van der Waals surface area contributed by atoms with Gasteiger partial charge in [0.25, 0.3) is 0 Å². The van der Waals surface area contributed by atoms with Crippen molar-refractivity contribution in [2.24, 2.45) is 0 Å². The molecule has 0 heterocycles. The van der Waals surface area contributed by atoms with Gasteiger partial charge >= 0.3 is 0 Å². The minimum absolute atomic E-state index is 0.0786. The fourth-order valence-electron chi connectivity index (χ4n) is 2.16. The van der Waals surface area contributed by atoms with Gasteiger partial charge in [0.2, 0.25) is 5.91 Å². The molecule has 0 unspecified atom stereocenters. The van der Waals surface area contributed by atoms with Gasteiger partial charge in [-0.3, -0.25) is 4.79 Å². The fourth-order valence-corrected chi connectivity index (χ4v) is 2.86. The van der Waals surface area contributed by atoms with Crippen molar-refractivity contribution in [1.29, 1.82) is 0 Å². The summed E-state index contributed by atoms with van der Waals surface area (Å²) in [7, 11) is 1.57. The smallest absolute Gasteiger partial charge is 0.234 e. The average molecular weight is 361 g/mol. The van der Waals surface area contributed by atoms with Gasteiger partial charge in [-0.25, -0.2) is 0 Å². The predicted octanol–water partition coefficient (Wildman–Crippen LogP) is 4.22. The third-order valence-electron chi connectivity index (χ3n) is 3.25. The molecule has 0 aliphatic rings. The van der Waals surface area contributed by atoms with E-state index < -0.39 is 0 Å². The molecule has 0 radical (unpaired) electrons. The first-order valence-electron chi connectivity index (χ1n) is 8.12. The minimum Gasteiger partial charge on any atom is -0.494 e. The predicted molar refractivity (Wildman–Crippen MR) is 101 cm³/mol. The highest BCUT2D eigenvalue weighted by Gasteiger charge is 2.08. The average Bonchev–Trinajstić information content (AvgIpc) is 2.63. The van der Waals surface area contributed by atoms with Gasteiger partial charge in [-0.05, 0) is 50.2 Å². The zero-order valence-electron chi connectivity index (χ0n) is 14.7. The number of thioether (sulfide) groups is 1. The Morgan fingerprint density at radius 1 is 1.00 bits per heavy atom. The zero-order valence-corrected chi connectivity index (χ0v) is 15.5. The molecule has 5 nitrogen and oxygen atoms in total. The Hall–Kier alpha value is -2.34. The Morgan fingerprint density at radius 3 is 2.36 bits per heavy atom. The summed E-state index contributed by atoms with van der Waals surface area (Å²) in [5.41, 5.74) is 0.678. The Balaban J connectivity index is 1.89. The molecule has 2 aromatic rings. The Kier molecular flexibility index (Phi) is 7.47. The minimum atomic E-state index is -0.0786. The normalized spacial score (nSPS) is 10.2. The highest BCUT2D eigenvalue weighted by molar-refractivity contribution is 8.00. The first-order chi connectivity index (χ1) is 12.2. The number of ether oxygens (including phenoxy) is 3. The van der Waals surface area contributed by atoms with Gasteiger partial charge in [0, 0.05) is 16.6 Å². The topological polar surface area (TPSA) is 56.8 Å². The second-order valence-electron chi connectivity index (χ2n) is 5.04. The molecule has 0 atom stereocenters. The summed E-state index contributed by atoms with van der Waals surface area (Å²) in [6, 6.07) is 13.0. The van der Waals surface area contributed by atoms with Gasteiger partial charge in [0.15, 0.2) is 11.5 Å². The van der Waals surface area contributed by atoms with Crippen LogP contribution in [0.1, 0.15) is 13.8 Å². The summed E-state index contributed by atoms with van der Waals surface area (Å²) in [6.07, 6.45) is 0. The second-order valence-corrected chi connectivity index (χ2v) is 6.09. The van der Waals surface area contributed by atoms with E-state index in [1.165, 1.54) is 11.8 Å². The first kappa shape index (κ1) is 19.0. The third-order valence-corrected chi connectivity index (χ3v) is 4.26. The van der Waals surface area contributed by atoms with Crippen LogP contribution in [0.25, 0.3) is 0 Å². The lowest BCUT2D eigenvalue weighted by molar-refractivity contribution is -0.113. The number of hydrogen-bond donors (Lipinski definition) is 1. The van der Waals surface area contributed by atoms with E-state index in [9.17, 15) is 4.79 Å². The number of benzene rings is 2. The molecule has 134 valence electrons. The standard InChI is InChI=1S/C19H23NO4S/c1-4-23-15-7-9-16(10-8-15)25-13-19(21)20-14-6-11-17(24-5-2)18(12-14)22-3/h6-12H,4-5,13H2,1-3H3,(H,20,21). The van der Waals surface area contributed by atoms with Crippen LogP contribution in [0.5, 0.6) is 17.2 Å². The second kappa shape index (κ2) is 9.84. The molecule has 0 saturated carbocycles. The lowest BCUT2D eigenvalue weighted by atomic mass is 10.2. The van der Waals surface area contributed by atoms with E-state index in [4.69, 9.17) is 14.2 Å². The largest absolute Gasteiger partial charge is 0.494 e. The molecule has 0 aromatic heterocycles. The van der Waals surface area contributed by atoms with E-state index in [-0.39, 0.29) is 5.91 Å². The number of rotatable bonds is 9. The van der Waals surface area contributed by atoms with Crippen LogP contribution in [0.15, 0.2) is 47.4 Å². The van der Waals surface area contributed by atoms with Crippen molar-refractivity contribution in [1.82, 2.24) is 0 Å². The number of amides is 1. The Morgan fingerprint density at radius 2 is 1.72 bits per heavy atom. The van der Waals surface area contributed by atoms with Crippen LogP contribution in [0, 0.1) is 0 Å². The lowest BCUT2D eigenvalue weighted by Gasteiger charge is -2.11. The van der Waals surface area contributed by atoms with Crippen molar-refractivity contribution >= 4 is 23.4 Å². The monoisotopic (exact) mass is 361 g/mol. The number of carbonyl (C=O) groups is 1. The molecule has 0 aliphatic carbocycles. The van der Waals surface area contributed by atoms with Crippen molar-refractivity contribution in [3.05, 3.63) is 42.5 Å². The molecule has 2 aromatic carbocycles. The molecule has 1 N–H and O–H groups in total. The highest BCUT2D eigenvalue weighted by Crippen LogP contribution is 2.30. The van der Waals surface area contributed by atoms with Crippen LogP contribution >= 0.6 is 11.8 Å². The van der Waals surface area contributed by atoms with Gasteiger partial charge < -0.3 is 19.5 Å². The maximum absolute atomic E-state index is 12.1. The number of hydrogen-bond acceptors (Lipinski definition) is 5. The molecule has 0 saturated heterocycles. The highest BCUT2D eigenvalue weighted by atomic mass is 32.2. The van der Waals surface area contributed by atoms with Crippen LogP contribution in [0.3, 0.4) is 0 Å². The summed E-state index contributed by atoms with van der Waals surface area (Å²) in [5, 5.41) is 2.87. The van der Waals surface area contributed by atoms with Crippen molar-refractivity contribution < 1.29 is 19.0 Å². The van der Waals surface area contributed by atoms with Gasteiger partial charge in [-0.15, -0.1) is 11.8 Å². The number of anilines is 1. The van der Waals surface area contributed by atoms with Crippen LogP contribution in [0.2, 0.25) is 0 Å². The number of carbonyl (C=O) groups excluding carboxylic acids is 1. The van der Waals surface area contributed by atoms with E-state index in [0.717, 1.165) is 10.6 Å². The van der Waals surface area contributed by atoms with Gasteiger partial charge in [-0.1, -0.05) is 0 Å². The number of nitrogens with one attached hydrogen (secondary N) is 1. The van der Waals surface area contributed by atoms with E-state index in [1.807, 2.05) is 38.1 Å². The molecule has 0 bridgehead atoms. The maximum Gasteiger partial charge on any atom is 0.234 e. The molecule has 2 rings (SSSR count). The van der Waals surface area contributed by atoms with Crippen LogP contribution in [-0.4, -0.2) is 32.0 Å². The molecular formula is C19H23NO4S. The fraction of sp³-hybridized carbons (Fsp3) is 0.316. The van der Waals surface area contributed by atoms with E-state index in [0.29, 0.717) is 36.2 Å². The molecule has 0 aliphatic heterocycles. The molecule has 25 heavy (non-hydrogen) atoms. The molecular weight excluding hydrogens is 338 g/mol. The third kappa shape index (κ3) is 5.90. The maximum atomic E-state index is 12.1. The van der Waals surface area contributed by atoms with E-state index >= 15 is 0 Å². The lowest BCUT2D eigenvalue weighted by Crippen LogP contribution is -2.14. The van der Waals surface area contributed by atoms with Crippen molar-refractivity contribution in [3.63, 3.8) is 0 Å². The molecule has 0 spiro atoms. The first-order valence-corrected chi connectivity index (χ1v) is 9.11. The number of methoxy groups -OCH3 is 1. The Bertz CT molecular complexity index is 688. The summed E-state index contributed by atoms with van der Waals surface area (Å²) >= 11 is 1.47. The summed E-state index contributed by atoms with van der Waals surface area (Å²) in [6.45, 7) is 5.05. The SMILES string of the molecule is CCOc1ccc(SCC(=O)Nc2ccc(OCC)c(OC)c2)cc1. The molecule has 1 amide bonds. The summed E-state index contributed by atoms with van der Waals surface area (Å²) in [5.74, 6) is 2.33. The van der Waals surface area contributed by atoms with Crippen LogP contribution in [0.4, 0.5) is 5.69 Å². The molecule has 6 heteroatoms. The van der Waals surface area contributed by atoms with Crippen molar-refractivity contribution in [3.8, 4) is 17.2 Å².